The summed E-state index contributed by atoms with van der Waals surface area (Å²) in [5.74, 6) is 0.834. The van der Waals surface area contributed by atoms with Gasteiger partial charge in [-0.15, -0.1) is 11.3 Å². The second-order valence-corrected chi connectivity index (χ2v) is 9.22. The highest BCUT2D eigenvalue weighted by molar-refractivity contribution is 7.18. The number of aromatic hydroxyl groups is 1. The lowest BCUT2D eigenvalue weighted by Crippen LogP contribution is -2.42. The summed E-state index contributed by atoms with van der Waals surface area (Å²) in [6.45, 7) is 6.49. The molecule has 3 N–H and O–H groups in total. The van der Waals surface area contributed by atoms with Crippen LogP contribution in [0, 0.1) is 19.8 Å². The number of nitrogens with one attached hydrogen (secondary N) is 2. The van der Waals surface area contributed by atoms with Crippen LogP contribution >= 0.6 is 11.3 Å². The van der Waals surface area contributed by atoms with Gasteiger partial charge in [-0.3, -0.25) is 9.59 Å². The molecule has 1 aromatic carbocycles. The van der Waals surface area contributed by atoms with Crippen LogP contribution in [-0.2, 0) is 4.79 Å². The van der Waals surface area contributed by atoms with Crippen molar-refractivity contribution in [2.45, 2.75) is 26.7 Å². The predicted octanol–water partition coefficient (Wildman–Crippen LogP) is 2.78. The lowest BCUT2D eigenvalue weighted by Gasteiger charge is -2.32. The molecule has 1 aliphatic rings. The maximum Gasteiger partial charge on any atom is 0.251 e. The zero-order valence-corrected chi connectivity index (χ0v) is 19.0. The summed E-state index contributed by atoms with van der Waals surface area (Å²) in [6.07, 6.45) is 3.15. The van der Waals surface area contributed by atoms with E-state index in [1.54, 1.807) is 29.8 Å². The van der Waals surface area contributed by atoms with Crippen molar-refractivity contribution in [1.82, 2.24) is 20.6 Å². The predicted molar refractivity (Wildman–Crippen MR) is 125 cm³/mol. The molecule has 1 fully saturated rings. The smallest absolute Gasteiger partial charge is 0.251 e. The Hall–Kier alpha value is -3.20. The second-order valence-electron chi connectivity index (χ2n) is 8.02. The molecule has 0 aliphatic carbocycles. The quantitative estimate of drug-likeness (QED) is 0.496. The Morgan fingerprint density at radius 1 is 1.09 bits per heavy atom. The zero-order chi connectivity index (χ0) is 22.7. The first-order chi connectivity index (χ1) is 15.4. The Bertz CT molecular complexity index is 1120. The number of amides is 2. The molecule has 4 rings (SSSR count). The number of hydrogen-bond donors (Lipinski definition) is 3. The average molecular weight is 454 g/mol. The first kappa shape index (κ1) is 22.0. The number of phenolic OH excluding ortho intramolecular Hbond substituents is 1. The second kappa shape index (κ2) is 9.52. The summed E-state index contributed by atoms with van der Waals surface area (Å²) >= 11 is 1.69. The molecule has 0 radical (unpaired) electrons. The van der Waals surface area contributed by atoms with Crippen LogP contribution in [-0.4, -0.2) is 53.1 Å². The molecule has 32 heavy (non-hydrogen) atoms. The third-order valence-corrected chi connectivity index (χ3v) is 7.07. The van der Waals surface area contributed by atoms with Crippen LogP contribution in [0.5, 0.6) is 5.75 Å². The van der Waals surface area contributed by atoms with E-state index in [1.807, 2.05) is 0 Å². The van der Waals surface area contributed by atoms with Crippen molar-refractivity contribution in [2.24, 2.45) is 5.92 Å². The van der Waals surface area contributed by atoms with Crippen molar-refractivity contribution in [2.75, 3.05) is 31.1 Å². The average Bonchev–Trinajstić information content (AvgIpc) is 3.10. The number of fused-ring (bicyclic) bond motifs is 1. The molecule has 0 atom stereocenters. The fraction of sp³-hybridized carbons (Fsp3) is 0.391. The fourth-order valence-corrected chi connectivity index (χ4v) is 4.97. The molecule has 8 nitrogen and oxygen atoms in total. The highest BCUT2D eigenvalue weighted by atomic mass is 32.1. The molecule has 0 saturated carbocycles. The standard InChI is InChI=1S/C23H27N5O3S/c1-14-15(2)32-23-19(14)20(26-13-27-23)28-11-7-17(8-12-28)22(31)25-10-9-24-21(30)16-3-5-18(29)6-4-16/h3-6,13,17,29H,7-12H2,1-2H3,(H,24,30)(H,25,31). The number of aromatic nitrogens is 2. The molecule has 2 aromatic heterocycles. The molecule has 2 amide bonds. The number of phenols is 1. The van der Waals surface area contributed by atoms with Crippen molar-refractivity contribution in [3.05, 3.63) is 46.6 Å². The number of anilines is 1. The van der Waals surface area contributed by atoms with Crippen LogP contribution in [0.3, 0.4) is 0 Å². The Kier molecular flexibility index (Phi) is 6.55. The number of rotatable bonds is 6. The van der Waals surface area contributed by atoms with Crippen LogP contribution in [0.4, 0.5) is 5.82 Å². The van der Waals surface area contributed by atoms with Crippen LogP contribution < -0.4 is 15.5 Å². The highest BCUT2D eigenvalue weighted by Gasteiger charge is 2.27. The topological polar surface area (TPSA) is 107 Å². The minimum atomic E-state index is -0.234. The maximum absolute atomic E-state index is 12.6. The summed E-state index contributed by atoms with van der Waals surface area (Å²) in [4.78, 5) is 38.1. The first-order valence-corrected chi connectivity index (χ1v) is 11.6. The highest BCUT2D eigenvalue weighted by Crippen LogP contribution is 2.35. The van der Waals surface area contributed by atoms with Crippen LogP contribution in [0.15, 0.2) is 30.6 Å². The van der Waals surface area contributed by atoms with E-state index >= 15 is 0 Å². The number of carbonyl (C=O) groups excluding carboxylic acids is 2. The van der Waals surface area contributed by atoms with Crippen molar-refractivity contribution < 1.29 is 14.7 Å². The van der Waals surface area contributed by atoms with Gasteiger partial charge in [0.1, 0.15) is 22.7 Å². The van der Waals surface area contributed by atoms with Crippen molar-refractivity contribution in [3.8, 4) is 5.75 Å². The van der Waals surface area contributed by atoms with E-state index < -0.39 is 0 Å². The Morgan fingerprint density at radius 3 is 2.50 bits per heavy atom. The maximum atomic E-state index is 12.6. The third kappa shape index (κ3) is 4.67. The summed E-state index contributed by atoms with van der Waals surface area (Å²) in [5, 5.41) is 16.1. The third-order valence-electron chi connectivity index (χ3n) is 5.95. The molecule has 1 saturated heterocycles. The number of nitrogens with zero attached hydrogens (tertiary/aromatic N) is 3. The molecular formula is C23H27N5O3S. The number of carbonyl (C=O) groups is 2. The van der Waals surface area contributed by atoms with Crippen LogP contribution in [0.25, 0.3) is 10.2 Å². The van der Waals surface area contributed by atoms with Gasteiger partial charge in [-0.25, -0.2) is 9.97 Å². The van der Waals surface area contributed by atoms with Gasteiger partial charge in [-0.1, -0.05) is 0 Å². The van der Waals surface area contributed by atoms with Gasteiger partial charge in [-0.2, -0.15) is 0 Å². The molecule has 9 heteroatoms. The summed E-state index contributed by atoms with van der Waals surface area (Å²) in [6, 6.07) is 6.05. The minimum absolute atomic E-state index is 0.0268. The molecular weight excluding hydrogens is 426 g/mol. The number of thiophene rings is 1. The Morgan fingerprint density at radius 2 is 1.78 bits per heavy atom. The van der Waals surface area contributed by atoms with E-state index in [9.17, 15) is 14.7 Å². The first-order valence-electron chi connectivity index (χ1n) is 10.7. The molecule has 0 unspecified atom stereocenters. The van der Waals surface area contributed by atoms with Gasteiger partial charge in [0.05, 0.1) is 5.39 Å². The van der Waals surface area contributed by atoms with Gasteiger partial charge in [0, 0.05) is 42.5 Å². The Balaban J connectivity index is 1.24. The molecule has 1 aliphatic heterocycles. The lowest BCUT2D eigenvalue weighted by molar-refractivity contribution is -0.125. The monoisotopic (exact) mass is 453 g/mol. The molecule has 3 aromatic rings. The molecule has 168 valence electrons. The van der Waals surface area contributed by atoms with Gasteiger partial charge in [0.25, 0.3) is 5.91 Å². The molecule has 0 spiro atoms. The summed E-state index contributed by atoms with van der Waals surface area (Å²) in [5.41, 5.74) is 1.70. The van der Waals surface area contributed by atoms with E-state index in [1.165, 1.54) is 22.6 Å². The van der Waals surface area contributed by atoms with Crippen molar-refractivity contribution in [3.63, 3.8) is 0 Å². The van der Waals surface area contributed by atoms with E-state index in [0.29, 0.717) is 18.7 Å². The van der Waals surface area contributed by atoms with Crippen LogP contribution in [0.2, 0.25) is 0 Å². The zero-order valence-electron chi connectivity index (χ0n) is 18.2. The largest absolute Gasteiger partial charge is 0.508 e. The number of hydrogen-bond acceptors (Lipinski definition) is 7. The van der Waals surface area contributed by atoms with E-state index in [-0.39, 0.29) is 23.5 Å². The summed E-state index contributed by atoms with van der Waals surface area (Å²) in [7, 11) is 0. The van der Waals surface area contributed by atoms with E-state index in [4.69, 9.17) is 0 Å². The van der Waals surface area contributed by atoms with Crippen molar-refractivity contribution >= 4 is 39.2 Å². The SMILES string of the molecule is Cc1sc2ncnc(N3CCC(C(=O)NCCNC(=O)c4ccc(O)cc4)CC3)c2c1C. The fourth-order valence-electron chi connectivity index (χ4n) is 3.98. The number of benzene rings is 1. The van der Waals surface area contributed by atoms with Gasteiger partial charge in [0.15, 0.2) is 0 Å². The van der Waals surface area contributed by atoms with E-state index in [0.717, 1.165) is 42.0 Å². The van der Waals surface area contributed by atoms with Gasteiger partial charge >= 0.3 is 0 Å². The Labute approximate surface area is 190 Å². The normalized spacial score (nSPS) is 14.5. The van der Waals surface area contributed by atoms with Crippen LogP contribution in [0.1, 0.15) is 33.6 Å². The lowest BCUT2D eigenvalue weighted by atomic mass is 9.95. The van der Waals surface area contributed by atoms with Gasteiger partial charge in [0.2, 0.25) is 5.91 Å². The van der Waals surface area contributed by atoms with E-state index in [2.05, 4.69) is 39.3 Å². The summed E-state index contributed by atoms with van der Waals surface area (Å²) < 4.78 is 0. The molecule has 0 bridgehead atoms. The van der Waals surface area contributed by atoms with Crippen molar-refractivity contribution in [1.29, 1.82) is 0 Å². The molecule has 3 heterocycles. The number of piperidine rings is 1. The van der Waals surface area contributed by atoms with Gasteiger partial charge in [-0.05, 0) is 56.5 Å². The van der Waals surface area contributed by atoms with Gasteiger partial charge < -0.3 is 20.6 Å². The number of aryl methyl sites for hydroxylation is 2. The minimum Gasteiger partial charge on any atom is -0.508 e.